The number of H-pyrrole nitrogens is 1. The van der Waals surface area contributed by atoms with Crippen LogP contribution in [0.15, 0.2) is 18.2 Å². The molecule has 0 amide bonds. The summed E-state index contributed by atoms with van der Waals surface area (Å²) in [5.74, 6) is -0.816. The molecule has 6 heteroatoms. The number of aryl methyl sites for hydroxylation is 2. The minimum atomic E-state index is -0.522. The van der Waals surface area contributed by atoms with Gasteiger partial charge in [-0.1, -0.05) is 6.42 Å². The van der Waals surface area contributed by atoms with E-state index in [4.69, 9.17) is 4.79 Å². The fraction of sp³-hybridized carbons (Fsp3) is 0.312. The Morgan fingerprint density at radius 2 is 2.18 bits per heavy atom. The number of esters is 1. The van der Waals surface area contributed by atoms with Crippen LogP contribution < -0.4 is 0 Å². The summed E-state index contributed by atoms with van der Waals surface area (Å²) in [4.78, 5) is 8.97. The SMILES string of the molecule is COC(=[OH+])c1cc[c-]c(F)c1.[CH2-]CCc1c(C)n[nH]c1C.[U+2]. The Morgan fingerprint density at radius 1 is 1.50 bits per heavy atom. The molecule has 116 valence electrons. The van der Waals surface area contributed by atoms with E-state index < -0.39 is 5.82 Å². The molecule has 0 unspecified atom stereocenters. The molecule has 0 saturated carbocycles. The third-order valence-electron chi connectivity index (χ3n) is 2.91. The first-order chi connectivity index (χ1) is 9.99. The second kappa shape index (κ2) is 10.6. The molecule has 0 spiro atoms. The molecule has 0 radical (unpaired) electrons. The fourth-order valence-corrected chi connectivity index (χ4v) is 1.81. The Kier molecular flexibility index (Phi) is 10.0. The molecule has 0 aliphatic heterocycles. The van der Waals surface area contributed by atoms with Gasteiger partial charge in [0.25, 0.3) is 0 Å². The van der Waals surface area contributed by atoms with E-state index in [1.807, 2.05) is 13.8 Å². The van der Waals surface area contributed by atoms with E-state index in [9.17, 15) is 4.39 Å². The third-order valence-corrected chi connectivity index (χ3v) is 2.91. The predicted molar refractivity (Wildman–Crippen MR) is 80.0 cm³/mol. The third kappa shape index (κ3) is 6.33. The second-order valence-corrected chi connectivity index (χ2v) is 4.45. The molecule has 2 N–H and O–H groups in total. The van der Waals surface area contributed by atoms with Crippen molar-refractivity contribution >= 4 is 5.97 Å². The Hall–Kier alpha value is -1.12. The van der Waals surface area contributed by atoms with Crippen molar-refractivity contribution in [1.29, 1.82) is 0 Å². The molecule has 2 rings (SSSR count). The van der Waals surface area contributed by atoms with Crippen LogP contribution in [0.5, 0.6) is 0 Å². The van der Waals surface area contributed by atoms with E-state index in [1.165, 1.54) is 30.5 Å². The van der Waals surface area contributed by atoms with Gasteiger partial charge in [-0.2, -0.15) is 23.7 Å². The molecule has 2 aromatic rings. The van der Waals surface area contributed by atoms with Crippen molar-refractivity contribution in [3.05, 3.63) is 59.5 Å². The number of ether oxygens (including phenoxy) is 1. The molecular formula is C16H20FN2O2U+. The van der Waals surface area contributed by atoms with Crippen molar-refractivity contribution in [3.63, 3.8) is 0 Å². The Labute approximate surface area is 154 Å². The van der Waals surface area contributed by atoms with Gasteiger partial charge in [-0.05, 0) is 19.4 Å². The number of aromatic nitrogens is 2. The maximum atomic E-state index is 12.4. The van der Waals surface area contributed by atoms with Gasteiger partial charge in [-0.15, -0.1) is 12.1 Å². The van der Waals surface area contributed by atoms with Crippen LogP contribution in [-0.2, 0) is 11.2 Å². The number of hydrogen-bond acceptors (Lipinski definition) is 2. The first-order valence-electron chi connectivity index (χ1n) is 6.56. The van der Waals surface area contributed by atoms with Gasteiger partial charge in [0.15, 0.2) is 7.11 Å². The largest absolute Gasteiger partial charge is 2.00 e. The minimum Gasteiger partial charge on any atom is -0.343 e. The molecular weight excluding hydrogens is 509 g/mol. The zero-order valence-corrected chi connectivity index (χ0v) is 17.2. The number of aromatic amines is 1. The molecule has 0 fully saturated rings. The molecule has 0 aliphatic rings. The van der Waals surface area contributed by atoms with Gasteiger partial charge in [-0.3, -0.25) is 5.10 Å². The average molecular weight is 529 g/mol. The van der Waals surface area contributed by atoms with Crippen LogP contribution in [0.1, 0.15) is 28.9 Å². The first-order valence-corrected chi connectivity index (χ1v) is 6.56. The summed E-state index contributed by atoms with van der Waals surface area (Å²) in [6.07, 6.45) is 1.98. The van der Waals surface area contributed by atoms with Gasteiger partial charge >= 0.3 is 37.1 Å². The molecule has 1 aromatic heterocycles. The average Bonchev–Trinajstić information content (AvgIpc) is 2.79. The second-order valence-electron chi connectivity index (χ2n) is 4.45. The van der Waals surface area contributed by atoms with Crippen molar-refractivity contribution in [2.24, 2.45) is 0 Å². The number of rotatable bonds is 3. The summed E-state index contributed by atoms with van der Waals surface area (Å²) in [6.45, 7) is 7.87. The van der Waals surface area contributed by atoms with Gasteiger partial charge < -0.3 is 16.5 Å². The number of nitrogens with one attached hydrogen (secondary N) is 1. The summed E-state index contributed by atoms with van der Waals surface area (Å²) in [5, 5.41) is 7.03. The molecule has 4 nitrogen and oxygen atoms in total. The van der Waals surface area contributed by atoms with Gasteiger partial charge in [0.05, 0.1) is 5.69 Å². The smallest absolute Gasteiger partial charge is 0.343 e. The Balaban J connectivity index is 0.000000385. The summed E-state index contributed by atoms with van der Waals surface area (Å²) < 4.78 is 16.9. The van der Waals surface area contributed by atoms with Crippen molar-refractivity contribution in [2.75, 3.05) is 7.11 Å². The standard InChI is InChI=1S/C8H6FO2.C8H13N2.U/c1-11-8(10)6-3-2-4-7(9)5-6;1-4-5-8-6(2)9-10-7(8)3;/h2-3,5H,1H3;1,4-5H2,2-3H3,(H,9,10);/q2*-1;+2/p+1. The molecule has 0 saturated heterocycles. The van der Waals surface area contributed by atoms with Gasteiger partial charge in [0.2, 0.25) is 0 Å². The quantitative estimate of drug-likeness (QED) is 0.378. The Bertz CT molecular complexity index is 580. The predicted octanol–water partition coefficient (Wildman–Crippen LogP) is 2.92. The van der Waals surface area contributed by atoms with Crippen molar-refractivity contribution < 1.29 is 45.0 Å². The van der Waals surface area contributed by atoms with Crippen molar-refractivity contribution in [3.8, 4) is 0 Å². The van der Waals surface area contributed by atoms with Crippen molar-refractivity contribution in [1.82, 2.24) is 10.2 Å². The number of halogens is 1. The molecule has 22 heavy (non-hydrogen) atoms. The summed E-state index contributed by atoms with van der Waals surface area (Å²) in [6, 6.07) is 6.32. The molecule has 0 aliphatic carbocycles. The van der Waals surface area contributed by atoms with Crippen LogP contribution in [0.25, 0.3) is 0 Å². The van der Waals surface area contributed by atoms with Crippen LogP contribution >= 0.6 is 0 Å². The van der Waals surface area contributed by atoms with Crippen molar-refractivity contribution in [2.45, 2.75) is 26.7 Å². The summed E-state index contributed by atoms with van der Waals surface area (Å²) >= 11 is 0. The van der Waals surface area contributed by atoms with E-state index in [0.717, 1.165) is 24.6 Å². The van der Waals surface area contributed by atoms with E-state index in [1.54, 1.807) is 0 Å². The summed E-state index contributed by atoms with van der Waals surface area (Å²) in [7, 11) is 1.31. The van der Waals surface area contributed by atoms with Crippen LogP contribution in [0.3, 0.4) is 0 Å². The number of benzene rings is 1. The molecule has 1 heterocycles. The van der Waals surface area contributed by atoms with E-state index in [2.05, 4.69) is 27.9 Å². The van der Waals surface area contributed by atoms with E-state index in [0.29, 0.717) is 5.56 Å². The van der Waals surface area contributed by atoms with Gasteiger partial charge in [0.1, 0.15) is 0 Å². The first kappa shape index (κ1) is 20.9. The maximum absolute atomic E-state index is 12.4. The number of carbonyl (C=O) groups excluding carboxylic acids is 1. The molecule has 1 aromatic carbocycles. The zero-order chi connectivity index (χ0) is 15.8. The van der Waals surface area contributed by atoms with E-state index >= 15 is 0 Å². The van der Waals surface area contributed by atoms with E-state index in [-0.39, 0.29) is 37.1 Å². The van der Waals surface area contributed by atoms with Crippen LogP contribution in [-0.4, -0.2) is 28.1 Å². The Morgan fingerprint density at radius 3 is 2.64 bits per heavy atom. The van der Waals surface area contributed by atoms with Gasteiger partial charge in [-0.25, -0.2) is 4.39 Å². The number of methoxy groups -OCH3 is 1. The number of nitrogens with zero attached hydrogens (tertiary/aromatic N) is 1. The number of hydrogen-bond donors (Lipinski definition) is 1. The fourth-order valence-electron chi connectivity index (χ4n) is 1.81. The molecule has 0 atom stereocenters. The van der Waals surface area contributed by atoms with Gasteiger partial charge in [0, 0.05) is 17.1 Å². The summed E-state index contributed by atoms with van der Waals surface area (Å²) in [5.41, 5.74) is 3.93. The normalized spacial score (nSPS) is 9.32. The van der Waals surface area contributed by atoms with Crippen LogP contribution in [0.4, 0.5) is 4.39 Å². The molecule has 0 bridgehead atoms. The van der Waals surface area contributed by atoms with Crippen LogP contribution in [0, 0.1) is 63.8 Å². The van der Waals surface area contributed by atoms with Crippen LogP contribution in [0.2, 0.25) is 0 Å². The zero-order valence-electron chi connectivity index (χ0n) is 13.0. The monoisotopic (exact) mass is 529 g/mol. The maximum Gasteiger partial charge on any atom is 2.00 e. The topological polar surface area (TPSA) is 59.3 Å². The minimum absolute atomic E-state index is 0.